The maximum absolute atomic E-state index is 13.4. The van der Waals surface area contributed by atoms with E-state index in [9.17, 15) is 18.8 Å². The molecule has 0 aromatic carbocycles. The van der Waals surface area contributed by atoms with E-state index in [1.165, 1.54) is 24.4 Å². The lowest BCUT2D eigenvalue weighted by atomic mass is 9.91. The van der Waals surface area contributed by atoms with Crippen LogP contribution in [0.1, 0.15) is 64.3 Å². The smallest absolute Gasteiger partial charge is 0.257 e. The number of carbonyl (C=O) groups is 3. The molecule has 2 aromatic rings. The SMILES string of the molecule is Cc1oc(C=O)cc1C(=O)N1CCC(CCCCNC(=O)/C=C/c2cccnc2F)CC1. The highest BCUT2D eigenvalue weighted by molar-refractivity contribution is 5.96. The third kappa shape index (κ3) is 6.35. The number of aldehydes is 1. The first-order valence-corrected chi connectivity index (χ1v) is 10.9. The summed E-state index contributed by atoms with van der Waals surface area (Å²) >= 11 is 0. The van der Waals surface area contributed by atoms with E-state index in [0.29, 0.717) is 43.2 Å². The number of amides is 2. The van der Waals surface area contributed by atoms with Gasteiger partial charge in [-0.05, 0) is 50.3 Å². The maximum Gasteiger partial charge on any atom is 0.257 e. The fourth-order valence-electron chi connectivity index (χ4n) is 3.89. The summed E-state index contributed by atoms with van der Waals surface area (Å²) in [6.07, 6.45) is 9.48. The molecule has 2 aromatic heterocycles. The van der Waals surface area contributed by atoms with Crippen molar-refractivity contribution < 1.29 is 23.2 Å². The van der Waals surface area contributed by atoms with E-state index < -0.39 is 5.95 Å². The number of nitrogens with one attached hydrogen (secondary N) is 1. The Balaban J connectivity index is 1.31. The van der Waals surface area contributed by atoms with Crippen molar-refractivity contribution in [3.63, 3.8) is 0 Å². The fraction of sp³-hybridized carbons (Fsp3) is 0.417. The first-order valence-electron chi connectivity index (χ1n) is 10.9. The van der Waals surface area contributed by atoms with E-state index in [1.54, 1.807) is 19.1 Å². The van der Waals surface area contributed by atoms with Gasteiger partial charge in [-0.1, -0.05) is 12.8 Å². The van der Waals surface area contributed by atoms with Crippen LogP contribution >= 0.6 is 0 Å². The third-order valence-electron chi connectivity index (χ3n) is 5.73. The van der Waals surface area contributed by atoms with Crippen LogP contribution < -0.4 is 5.32 Å². The zero-order valence-corrected chi connectivity index (χ0v) is 18.2. The van der Waals surface area contributed by atoms with Crippen LogP contribution in [0.2, 0.25) is 0 Å². The number of halogens is 1. The fourth-order valence-corrected chi connectivity index (χ4v) is 3.89. The van der Waals surface area contributed by atoms with Gasteiger partial charge in [0.05, 0.1) is 5.56 Å². The molecule has 2 amide bonds. The standard InChI is InChI=1S/C24H28FN3O4/c1-17-21(15-20(16-29)32-17)24(31)28-13-9-18(10-14-28)5-2-3-11-26-22(30)8-7-19-6-4-12-27-23(19)25/h4,6-8,12,15-16,18H,2-3,5,9-11,13-14H2,1H3,(H,26,30)/b8-7+. The van der Waals surface area contributed by atoms with Gasteiger partial charge in [0.15, 0.2) is 12.0 Å². The summed E-state index contributed by atoms with van der Waals surface area (Å²) in [5, 5.41) is 2.81. The van der Waals surface area contributed by atoms with Gasteiger partial charge < -0.3 is 14.6 Å². The normalized spacial score (nSPS) is 14.6. The maximum atomic E-state index is 13.4. The van der Waals surface area contributed by atoms with E-state index in [0.717, 1.165) is 32.1 Å². The highest BCUT2D eigenvalue weighted by atomic mass is 19.1. The van der Waals surface area contributed by atoms with Gasteiger partial charge in [-0.25, -0.2) is 4.98 Å². The molecule has 170 valence electrons. The van der Waals surface area contributed by atoms with Gasteiger partial charge in [-0.2, -0.15) is 4.39 Å². The van der Waals surface area contributed by atoms with Crippen molar-refractivity contribution in [1.82, 2.24) is 15.2 Å². The minimum absolute atomic E-state index is 0.0836. The highest BCUT2D eigenvalue weighted by Crippen LogP contribution is 2.25. The number of furan rings is 1. The summed E-state index contributed by atoms with van der Waals surface area (Å²) in [4.78, 5) is 40.7. The van der Waals surface area contributed by atoms with Crippen LogP contribution in [0.15, 0.2) is 34.9 Å². The lowest BCUT2D eigenvalue weighted by Gasteiger charge is -2.32. The second-order valence-corrected chi connectivity index (χ2v) is 7.98. The number of piperidine rings is 1. The molecule has 0 radical (unpaired) electrons. The second-order valence-electron chi connectivity index (χ2n) is 7.98. The van der Waals surface area contributed by atoms with E-state index in [-0.39, 0.29) is 23.1 Å². The predicted molar refractivity (Wildman–Crippen MR) is 118 cm³/mol. The summed E-state index contributed by atoms with van der Waals surface area (Å²) < 4.78 is 18.7. The average Bonchev–Trinajstić information content (AvgIpc) is 3.19. The van der Waals surface area contributed by atoms with Crippen molar-refractivity contribution in [2.45, 2.75) is 39.0 Å². The molecule has 32 heavy (non-hydrogen) atoms. The molecular formula is C24H28FN3O4. The Kier molecular flexibility index (Phi) is 8.30. The molecule has 1 N–H and O–H groups in total. The van der Waals surface area contributed by atoms with Gasteiger partial charge in [0.2, 0.25) is 11.9 Å². The minimum atomic E-state index is -0.602. The molecule has 1 aliphatic rings. The van der Waals surface area contributed by atoms with Crippen LogP contribution in [0.4, 0.5) is 4.39 Å². The predicted octanol–water partition coefficient (Wildman–Crippen LogP) is 3.79. The monoisotopic (exact) mass is 441 g/mol. The number of hydrogen-bond acceptors (Lipinski definition) is 5. The zero-order valence-electron chi connectivity index (χ0n) is 18.2. The van der Waals surface area contributed by atoms with E-state index >= 15 is 0 Å². The van der Waals surface area contributed by atoms with Crippen molar-refractivity contribution in [1.29, 1.82) is 0 Å². The van der Waals surface area contributed by atoms with Gasteiger partial charge in [-0.15, -0.1) is 0 Å². The molecule has 3 rings (SSSR count). The summed E-state index contributed by atoms with van der Waals surface area (Å²) in [6, 6.07) is 4.68. The highest BCUT2D eigenvalue weighted by Gasteiger charge is 2.26. The number of likely N-dealkylation sites (tertiary alicyclic amines) is 1. The summed E-state index contributed by atoms with van der Waals surface area (Å²) in [5.41, 5.74) is 0.737. The lowest BCUT2D eigenvalue weighted by molar-refractivity contribution is -0.116. The van der Waals surface area contributed by atoms with Crippen molar-refractivity contribution in [3.05, 3.63) is 59.1 Å². The summed E-state index contributed by atoms with van der Waals surface area (Å²) in [5.74, 6) is 0.260. The molecule has 0 bridgehead atoms. The lowest BCUT2D eigenvalue weighted by Crippen LogP contribution is -2.38. The topological polar surface area (TPSA) is 92.5 Å². The van der Waals surface area contributed by atoms with Gasteiger partial charge in [0.25, 0.3) is 5.91 Å². The van der Waals surface area contributed by atoms with Gasteiger partial charge in [0.1, 0.15) is 5.76 Å². The number of rotatable bonds is 9. The number of aryl methyl sites for hydroxylation is 1. The second kappa shape index (κ2) is 11.4. The van der Waals surface area contributed by atoms with Gasteiger partial charge in [-0.3, -0.25) is 14.4 Å². The van der Waals surface area contributed by atoms with Crippen LogP contribution in [0.25, 0.3) is 6.08 Å². The molecule has 1 saturated heterocycles. The molecule has 0 aliphatic carbocycles. The number of nitrogens with zero attached hydrogens (tertiary/aromatic N) is 2. The van der Waals surface area contributed by atoms with Crippen LogP contribution in [0, 0.1) is 18.8 Å². The average molecular weight is 442 g/mol. The molecule has 0 unspecified atom stereocenters. The van der Waals surface area contributed by atoms with Crippen LogP contribution in [-0.2, 0) is 4.79 Å². The van der Waals surface area contributed by atoms with Crippen LogP contribution in [0.5, 0.6) is 0 Å². The Bertz CT molecular complexity index is 977. The summed E-state index contributed by atoms with van der Waals surface area (Å²) in [6.45, 7) is 3.64. The molecule has 1 fully saturated rings. The van der Waals surface area contributed by atoms with Crippen molar-refractivity contribution >= 4 is 24.2 Å². The van der Waals surface area contributed by atoms with E-state index in [4.69, 9.17) is 4.42 Å². The molecule has 0 saturated carbocycles. The molecule has 8 heteroatoms. The molecule has 1 aliphatic heterocycles. The van der Waals surface area contributed by atoms with Crippen LogP contribution in [0.3, 0.4) is 0 Å². The van der Waals surface area contributed by atoms with Crippen molar-refractivity contribution in [2.75, 3.05) is 19.6 Å². The van der Waals surface area contributed by atoms with Gasteiger partial charge in [0, 0.05) is 43.5 Å². The number of hydrogen-bond donors (Lipinski definition) is 1. The molecule has 7 nitrogen and oxygen atoms in total. The first kappa shape index (κ1) is 23.4. The Morgan fingerprint density at radius 2 is 2.09 bits per heavy atom. The minimum Gasteiger partial charge on any atom is -0.458 e. The number of carbonyl (C=O) groups excluding carboxylic acids is 3. The quantitative estimate of drug-likeness (QED) is 0.277. The van der Waals surface area contributed by atoms with E-state index in [1.807, 2.05) is 4.90 Å². The molecule has 0 atom stereocenters. The number of pyridine rings is 1. The Morgan fingerprint density at radius 3 is 2.78 bits per heavy atom. The van der Waals surface area contributed by atoms with Crippen molar-refractivity contribution in [2.24, 2.45) is 5.92 Å². The van der Waals surface area contributed by atoms with Crippen LogP contribution in [-0.4, -0.2) is 47.6 Å². The third-order valence-corrected chi connectivity index (χ3v) is 5.73. The Morgan fingerprint density at radius 1 is 1.31 bits per heavy atom. The van der Waals surface area contributed by atoms with Gasteiger partial charge >= 0.3 is 0 Å². The van der Waals surface area contributed by atoms with Crippen molar-refractivity contribution in [3.8, 4) is 0 Å². The summed E-state index contributed by atoms with van der Waals surface area (Å²) in [7, 11) is 0. The first-order chi connectivity index (χ1) is 15.5. The Hall–Kier alpha value is -3.29. The molecule has 3 heterocycles. The largest absolute Gasteiger partial charge is 0.458 e. The molecule has 0 spiro atoms. The molecular weight excluding hydrogens is 413 g/mol. The van der Waals surface area contributed by atoms with E-state index in [2.05, 4.69) is 10.3 Å². The Labute approximate surface area is 186 Å². The number of aromatic nitrogens is 1. The number of unbranched alkanes of at least 4 members (excludes halogenated alkanes) is 1. The zero-order chi connectivity index (χ0) is 22.9.